The first-order valence-electron chi connectivity index (χ1n) is 5.30. The summed E-state index contributed by atoms with van der Waals surface area (Å²) in [5.74, 6) is -1.79. The van der Waals surface area contributed by atoms with E-state index in [-0.39, 0.29) is 17.3 Å². The van der Waals surface area contributed by atoms with E-state index >= 15 is 0 Å². The van der Waals surface area contributed by atoms with Crippen LogP contribution in [0.2, 0.25) is 0 Å². The van der Waals surface area contributed by atoms with Crippen molar-refractivity contribution in [3.8, 4) is 0 Å². The molecule has 1 saturated carbocycles. The first-order chi connectivity index (χ1) is 7.89. The second-order valence-electron chi connectivity index (χ2n) is 4.18. The number of alkyl halides is 3. The van der Waals surface area contributed by atoms with Gasteiger partial charge in [0.15, 0.2) is 5.78 Å². The van der Waals surface area contributed by atoms with Gasteiger partial charge in [0.2, 0.25) is 0 Å². The summed E-state index contributed by atoms with van der Waals surface area (Å²) in [4.78, 5) is 11.7. The zero-order chi connectivity index (χ0) is 12.6. The van der Waals surface area contributed by atoms with Crippen molar-refractivity contribution in [2.75, 3.05) is 0 Å². The van der Waals surface area contributed by atoms with Crippen LogP contribution in [0.15, 0.2) is 18.2 Å². The van der Waals surface area contributed by atoms with Crippen LogP contribution in [0.1, 0.15) is 35.2 Å². The molecule has 0 aromatic heterocycles. The van der Waals surface area contributed by atoms with Crippen molar-refractivity contribution in [1.29, 1.82) is 0 Å². The summed E-state index contributed by atoms with van der Waals surface area (Å²) in [5, 5.41) is 0. The molecule has 17 heavy (non-hydrogen) atoms. The van der Waals surface area contributed by atoms with Gasteiger partial charge < -0.3 is 0 Å². The molecule has 5 heteroatoms. The highest BCUT2D eigenvalue weighted by Gasteiger charge is 2.35. The minimum absolute atomic E-state index is 0.0280. The number of halogens is 4. The van der Waals surface area contributed by atoms with E-state index in [0.29, 0.717) is 12.1 Å². The van der Waals surface area contributed by atoms with Crippen molar-refractivity contribution in [3.63, 3.8) is 0 Å². The summed E-state index contributed by atoms with van der Waals surface area (Å²) in [7, 11) is 0. The molecule has 1 aliphatic rings. The third kappa shape index (κ3) is 2.33. The number of carbonyl (C=O) groups is 1. The maximum Gasteiger partial charge on any atom is 0.419 e. The van der Waals surface area contributed by atoms with Crippen LogP contribution in [0.25, 0.3) is 0 Å². The predicted molar refractivity (Wildman–Crippen MR) is 53.1 cm³/mol. The molecule has 1 aliphatic carbocycles. The van der Waals surface area contributed by atoms with Crippen LogP contribution in [-0.4, -0.2) is 5.78 Å². The molecule has 0 aliphatic heterocycles. The number of rotatable bonds is 2. The van der Waals surface area contributed by atoms with E-state index in [1.165, 1.54) is 0 Å². The van der Waals surface area contributed by atoms with Crippen molar-refractivity contribution < 1.29 is 22.4 Å². The Balaban J connectivity index is 2.27. The van der Waals surface area contributed by atoms with Crippen LogP contribution in [0.3, 0.4) is 0 Å². The molecule has 0 radical (unpaired) electrons. The van der Waals surface area contributed by atoms with E-state index in [1.54, 1.807) is 0 Å². The van der Waals surface area contributed by atoms with Gasteiger partial charge in [0.1, 0.15) is 5.82 Å². The molecule has 0 bridgehead atoms. The third-order valence-corrected chi connectivity index (χ3v) is 3.03. The summed E-state index contributed by atoms with van der Waals surface area (Å²) in [6, 6.07) is 2.36. The topological polar surface area (TPSA) is 17.1 Å². The summed E-state index contributed by atoms with van der Waals surface area (Å²) in [6.45, 7) is 0. The molecule has 92 valence electrons. The average molecular weight is 246 g/mol. The summed E-state index contributed by atoms with van der Waals surface area (Å²) in [5.41, 5.74) is -1.30. The molecule has 1 aromatic carbocycles. The Kier molecular flexibility index (Phi) is 2.93. The average Bonchev–Trinajstić information content (AvgIpc) is 2.12. The van der Waals surface area contributed by atoms with Crippen LogP contribution in [0.4, 0.5) is 17.6 Å². The third-order valence-electron chi connectivity index (χ3n) is 3.03. The summed E-state index contributed by atoms with van der Waals surface area (Å²) in [6.07, 6.45) is -2.30. The molecule has 1 nitrogen and oxygen atoms in total. The normalized spacial score (nSPS) is 16.7. The predicted octanol–water partition coefficient (Wildman–Crippen LogP) is 3.83. The van der Waals surface area contributed by atoms with Crippen molar-refractivity contribution >= 4 is 5.78 Å². The van der Waals surface area contributed by atoms with Gasteiger partial charge in [0.05, 0.1) is 5.56 Å². The molecular weight excluding hydrogens is 236 g/mol. The van der Waals surface area contributed by atoms with Crippen molar-refractivity contribution in [3.05, 3.63) is 35.1 Å². The second kappa shape index (κ2) is 4.13. The molecule has 2 rings (SSSR count). The van der Waals surface area contributed by atoms with Crippen molar-refractivity contribution in [1.82, 2.24) is 0 Å². The van der Waals surface area contributed by atoms with Crippen LogP contribution < -0.4 is 0 Å². The van der Waals surface area contributed by atoms with Crippen LogP contribution >= 0.6 is 0 Å². The Labute approximate surface area is 95.4 Å². The quantitative estimate of drug-likeness (QED) is 0.572. The summed E-state index contributed by atoms with van der Waals surface area (Å²) >= 11 is 0. The Morgan fingerprint density at radius 1 is 1.24 bits per heavy atom. The van der Waals surface area contributed by atoms with Gasteiger partial charge in [-0.1, -0.05) is 12.5 Å². The number of ketones is 1. The van der Waals surface area contributed by atoms with Gasteiger partial charge in [0, 0.05) is 11.5 Å². The molecule has 0 unspecified atom stereocenters. The number of hydrogen-bond donors (Lipinski definition) is 0. The van der Waals surface area contributed by atoms with Gasteiger partial charge in [-0.15, -0.1) is 0 Å². The highest BCUT2D eigenvalue weighted by atomic mass is 19.4. The standard InChI is InChI=1S/C12H10F4O/c13-10-6-8(11(17)7-2-1-3-7)4-5-9(10)12(14,15)16/h4-7H,1-3H2. The number of carbonyl (C=O) groups excluding carboxylic acids is 1. The Morgan fingerprint density at radius 2 is 1.88 bits per heavy atom. The number of Topliss-reactive ketones (excluding diaryl/α,β-unsaturated/α-hetero) is 1. The smallest absolute Gasteiger partial charge is 0.294 e. The molecule has 1 aromatic rings. The fourth-order valence-electron chi connectivity index (χ4n) is 1.80. The Morgan fingerprint density at radius 3 is 2.29 bits per heavy atom. The van der Waals surface area contributed by atoms with Gasteiger partial charge in [-0.3, -0.25) is 4.79 Å². The summed E-state index contributed by atoms with van der Waals surface area (Å²) < 4.78 is 50.1. The van der Waals surface area contributed by atoms with Crippen LogP contribution in [-0.2, 0) is 6.18 Å². The van der Waals surface area contributed by atoms with Gasteiger partial charge >= 0.3 is 6.18 Å². The first-order valence-corrected chi connectivity index (χ1v) is 5.30. The minimum atomic E-state index is -4.72. The van der Waals surface area contributed by atoms with E-state index in [2.05, 4.69) is 0 Å². The lowest BCUT2D eigenvalue weighted by molar-refractivity contribution is -0.140. The van der Waals surface area contributed by atoms with E-state index in [4.69, 9.17) is 0 Å². The van der Waals surface area contributed by atoms with Gasteiger partial charge in [-0.05, 0) is 25.0 Å². The first kappa shape index (κ1) is 12.1. The second-order valence-corrected chi connectivity index (χ2v) is 4.18. The molecule has 0 atom stereocenters. The lowest BCUT2D eigenvalue weighted by Crippen LogP contribution is -2.22. The van der Waals surface area contributed by atoms with E-state index in [0.717, 1.165) is 25.3 Å². The van der Waals surface area contributed by atoms with Gasteiger partial charge in [0.25, 0.3) is 0 Å². The minimum Gasteiger partial charge on any atom is -0.294 e. The molecular formula is C12H10F4O. The molecule has 0 amide bonds. The van der Waals surface area contributed by atoms with Crippen molar-refractivity contribution in [2.24, 2.45) is 5.92 Å². The molecule has 0 spiro atoms. The maximum atomic E-state index is 13.2. The zero-order valence-electron chi connectivity index (χ0n) is 8.85. The van der Waals surface area contributed by atoms with E-state index in [9.17, 15) is 22.4 Å². The number of hydrogen-bond acceptors (Lipinski definition) is 1. The highest BCUT2D eigenvalue weighted by Crippen LogP contribution is 2.34. The molecule has 0 N–H and O–H groups in total. The fourth-order valence-corrected chi connectivity index (χ4v) is 1.80. The number of benzene rings is 1. The van der Waals surface area contributed by atoms with Crippen LogP contribution in [0.5, 0.6) is 0 Å². The fraction of sp³-hybridized carbons (Fsp3) is 0.417. The van der Waals surface area contributed by atoms with E-state index < -0.39 is 17.6 Å². The van der Waals surface area contributed by atoms with Gasteiger partial charge in [-0.25, -0.2) is 4.39 Å². The molecule has 0 saturated heterocycles. The monoisotopic (exact) mass is 246 g/mol. The Hall–Kier alpha value is -1.39. The SMILES string of the molecule is O=C(c1ccc(C(F)(F)F)c(F)c1)C1CCC1. The Bertz CT molecular complexity index is 446. The van der Waals surface area contributed by atoms with Gasteiger partial charge in [-0.2, -0.15) is 13.2 Å². The van der Waals surface area contributed by atoms with Crippen LogP contribution in [0, 0.1) is 11.7 Å². The molecule has 0 heterocycles. The van der Waals surface area contributed by atoms with E-state index in [1.807, 2.05) is 0 Å². The van der Waals surface area contributed by atoms with Crippen molar-refractivity contribution in [2.45, 2.75) is 25.4 Å². The maximum absolute atomic E-state index is 13.2. The largest absolute Gasteiger partial charge is 0.419 e. The lowest BCUT2D eigenvalue weighted by Gasteiger charge is -2.23. The molecule has 1 fully saturated rings. The highest BCUT2D eigenvalue weighted by molar-refractivity contribution is 5.98. The lowest BCUT2D eigenvalue weighted by atomic mass is 9.80. The zero-order valence-corrected chi connectivity index (χ0v) is 8.85.